The molecular weight excluding hydrogens is 212 g/mol. The number of benzene rings is 1. The topological polar surface area (TPSA) is 72.2 Å². The molecule has 0 heterocycles. The van der Waals surface area contributed by atoms with Gasteiger partial charge in [0.1, 0.15) is 0 Å². The summed E-state index contributed by atoms with van der Waals surface area (Å²) in [6.07, 6.45) is 3.36. The quantitative estimate of drug-likeness (QED) is 0.761. The fourth-order valence-corrected chi connectivity index (χ4v) is 2.32. The van der Waals surface area contributed by atoms with Crippen LogP contribution in [0, 0.1) is 0 Å². The summed E-state index contributed by atoms with van der Waals surface area (Å²) in [4.78, 5) is 0.286. The molecule has 15 heavy (non-hydrogen) atoms. The molecule has 1 aliphatic carbocycles. The lowest BCUT2D eigenvalue weighted by molar-refractivity contribution is 0.602. The van der Waals surface area contributed by atoms with Gasteiger partial charge >= 0.3 is 0 Å². The second-order valence-electron chi connectivity index (χ2n) is 3.91. The summed E-state index contributed by atoms with van der Waals surface area (Å²) in [7, 11) is -3.22. The number of anilines is 2. The average molecular weight is 226 g/mol. The van der Waals surface area contributed by atoms with Gasteiger partial charge in [-0.15, -0.1) is 0 Å². The first-order chi connectivity index (χ1) is 6.98. The van der Waals surface area contributed by atoms with E-state index in [4.69, 9.17) is 5.73 Å². The standard InChI is InChI=1S/C10H14N2O2S/c1-15(13,14)9-4-2-3-8(11)10(9)12-7-5-6-7/h2-4,7,12H,5-6,11H2,1H3. The van der Waals surface area contributed by atoms with Gasteiger partial charge in [0.2, 0.25) is 0 Å². The lowest BCUT2D eigenvalue weighted by atomic mass is 10.2. The molecule has 1 aromatic carbocycles. The molecule has 1 fully saturated rings. The van der Waals surface area contributed by atoms with Crippen LogP contribution in [-0.2, 0) is 9.84 Å². The Hall–Kier alpha value is -1.23. The second-order valence-corrected chi connectivity index (χ2v) is 5.90. The van der Waals surface area contributed by atoms with E-state index in [0.29, 0.717) is 17.4 Å². The first-order valence-electron chi connectivity index (χ1n) is 4.83. The van der Waals surface area contributed by atoms with Crippen LogP contribution in [-0.4, -0.2) is 20.7 Å². The summed E-state index contributed by atoms with van der Waals surface area (Å²) < 4.78 is 23.0. The van der Waals surface area contributed by atoms with Gasteiger partial charge in [0.25, 0.3) is 0 Å². The molecular formula is C10H14N2O2S. The number of para-hydroxylation sites is 1. The number of hydrogen-bond donors (Lipinski definition) is 2. The van der Waals surface area contributed by atoms with Gasteiger partial charge in [0, 0.05) is 12.3 Å². The Morgan fingerprint density at radius 2 is 2.07 bits per heavy atom. The van der Waals surface area contributed by atoms with E-state index in [9.17, 15) is 8.42 Å². The Morgan fingerprint density at radius 1 is 1.40 bits per heavy atom. The van der Waals surface area contributed by atoms with Crippen molar-refractivity contribution in [2.45, 2.75) is 23.8 Å². The van der Waals surface area contributed by atoms with Gasteiger partial charge in [-0.2, -0.15) is 0 Å². The van der Waals surface area contributed by atoms with Crippen molar-refractivity contribution in [1.29, 1.82) is 0 Å². The third-order valence-corrected chi connectivity index (χ3v) is 3.52. The Kier molecular flexibility index (Phi) is 2.34. The molecule has 2 rings (SSSR count). The van der Waals surface area contributed by atoms with Gasteiger partial charge in [-0.1, -0.05) is 6.07 Å². The smallest absolute Gasteiger partial charge is 0.177 e. The molecule has 1 aromatic rings. The van der Waals surface area contributed by atoms with Crippen LogP contribution in [0.5, 0.6) is 0 Å². The van der Waals surface area contributed by atoms with Crippen LogP contribution in [0.25, 0.3) is 0 Å². The summed E-state index contributed by atoms with van der Waals surface area (Å²) in [5.41, 5.74) is 6.82. The summed E-state index contributed by atoms with van der Waals surface area (Å²) >= 11 is 0. The first kappa shape index (κ1) is 10.3. The van der Waals surface area contributed by atoms with Crippen molar-refractivity contribution in [3.63, 3.8) is 0 Å². The summed E-state index contributed by atoms with van der Waals surface area (Å²) in [5.74, 6) is 0. The molecule has 0 amide bonds. The van der Waals surface area contributed by atoms with Crippen molar-refractivity contribution in [3.05, 3.63) is 18.2 Å². The van der Waals surface area contributed by atoms with E-state index in [0.717, 1.165) is 12.8 Å². The summed E-state index contributed by atoms with van der Waals surface area (Å²) in [5, 5.41) is 3.16. The van der Waals surface area contributed by atoms with E-state index in [-0.39, 0.29) is 4.90 Å². The molecule has 5 heteroatoms. The van der Waals surface area contributed by atoms with Crippen LogP contribution in [0.3, 0.4) is 0 Å². The molecule has 0 atom stereocenters. The monoisotopic (exact) mass is 226 g/mol. The number of hydrogen-bond acceptors (Lipinski definition) is 4. The van der Waals surface area contributed by atoms with Crippen LogP contribution in [0.15, 0.2) is 23.1 Å². The number of nitrogens with one attached hydrogen (secondary N) is 1. The summed E-state index contributed by atoms with van der Waals surface area (Å²) in [6.45, 7) is 0. The van der Waals surface area contributed by atoms with Gasteiger partial charge in [-0.25, -0.2) is 8.42 Å². The van der Waals surface area contributed by atoms with E-state index < -0.39 is 9.84 Å². The van der Waals surface area contributed by atoms with E-state index in [1.165, 1.54) is 6.26 Å². The molecule has 0 aromatic heterocycles. The average Bonchev–Trinajstić information content (AvgIpc) is 2.90. The van der Waals surface area contributed by atoms with Crippen molar-refractivity contribution < 1.29 is 8.42 Å². The predicted molar refractivity (Wildman–Crippen MR) is 60.6 cm³/mol. The molecule has 0 saturated heterocycles. The highest BCUT2D eigenvalue weighted by atomic mass is 32.2. The fourth-order valence-electron chi connectivity index (χ4n) is 1.44. The van der Waals surface area contributed by atoms with Crippen molar-refractivity contribution in [3.8, 4) is 0 Å². The Balaban J connectivity index is 2.47. The second kappa shape index (κ2) is 3.41. The maximum Gasteiger partial charge on any atom is 0.177 e. The van der Waals surface area contributed by atoms with Crippen molar-refractivity contribution in [2.24, 2.45) is 0 Å². The molecule has 0 aliphatic heterocycles. The zero-order valence-electron chi connectivity index (χ0n) is 8.53. The van der Waals surface area contributed by atoms with Crippen molar-refractivity contribution in [1.82, 2.24) is 0 Å². The van der Waals surface area contributed by atoms with Gasteiger partial charge in [-0.05, 0) is 25.0 Å². The molecule has 4 nitrogen and oxygen atoms in total. The maximum absolute atomic E-state index is 11.5. The molecule has 82 valence electrons. The largest absolute Gasteiger partial charge is 0.397 e. The van der Waals surface area contributed by atoms with Gasteiger partial charge in [-0.3, -0.25) is 0 Å². The number of sulfone groups is 1. The Bertz CT molecular complexity index is 478. The minimum Gasteiger partial charge on any atom is -0.397 e. The fraction of sp³-hybridized carbons (Fsp3) is 0.400. The van der Waals surface area contributed by atoms with Crippen LogP contribution in [0.2, 0.25) is 0 Å². The third-order valence-electron chi connectivity index (χ3n) is 2.38. The van der Waals surface area contributed by atoms with Crippen LogP contribution in [0.4, 0.5) is 11.4 Å². The van der Waals surface area contributed by atoms with Gasteiger partial charge in [0.15, 0.2) is 9.84 Å². The Labute approximate surface area is 89.4 Å². The highest BCUT2D eigenvalue weighted by Gasteiger charge is 2.24. The lowest BCUT2D eigenvalue weighted by Crippen LogP contribution is -2.10. The predicted octanol–water partition coefficient (Wildman–Crippen LogP) is 1.25. The van der Waals surface area contributed by atoms with Crippen LogP contribution >= 0.6 is 0 Å². The van der Waals surface area contributed by atoms with Gasteiger partial charge < -0.3 is 11.1 Å². The van der Waals surface area contributed by atoms with E-state index in [2.05, 4.69) is 5.32 Å². The Morgan fingerprint density at radius 3 is 2.60 bits per heavy atom. The zero-order valence-corrected chi connectivity index (χ0v) is 9.34. The number of nitrogen functional groups attached to an aromatic ring is 1. The van der Waals surface area contributed by atoms with E-state index in [1.54, 1.807) is 18.2 Å². The minimum atomic E-state index is -3.22. The SMILES string of the molecule is CS(=O)(=O)c1cccc(N)c1NC1CC1. The number of rotatable bonds is 3. The normalized spacial score (nSPS) is 16.3. The minimum absolute atomic E-state index is 0.286. The van der Waals surface area contributed by atoms with Crippen LogP contribution in [0.1, 0.15) is 12.8 Å². The highest BCUT2D eigenvalue weighted by molar-refractivity contribution is 7.90. The molecule has 0 bridgehead atoms. The molecule has 3 N–H and O–H groups in total. The third kappa shape index (κ3) is 2.23. The molecule has 0 spiro atoms. The van der Waals surface area contributed by atoms with Gasteiger partial charge in [0.05, 0.1) is 16.3 Å². The van der Waals surface area contributed by atoms with Crippen LogP contribution < -0.4 is 11.1 Å². The molecule has 1 saturated carbocycles. The first-order valence-corrected chi connectivity index (χ1v) is 6.72. The van der Waals surface area contributed by atoms with Crippen molar-refractivity contribution in [2.75, 3.05) is 17.3 Å². The van der Waals surface area contributed by atoms with Crippen molar-refractivity contribution >= 4 is 21.2 Å². The zero-order chi connectivity index (χ0) is 11.1. The van der Waals surface area contributed by atoms with E-state index >= 15 is 0 Å². The number of nitrogens with two attached hydrogens (primary N) is 1. The van der Waals surface area contributed by atoms with E-state index in [1.807, 2.05) is 0 Å². The highest BCUT2D eigenvalue weighted by Crippen LogP contribution is 2.32. The summed E-state index contributed by atoms with van der Waals surface area (Å²) in [6, 6.07) is 5.33. The molecule has 0 radical (unpaired) electrons. The maximum atomic E-state index is 11.5. The molecule has 0 unspecified atom stereocenters. The lowest BCUT2D eigenvalue weighted by Gasteiger charge is -2.12. The molecule has 1 aliphatic rings.